The molecule has 0 bridgehead atoms. The van der Waals surface area contributed by atoms with Gasteiger partial charge in [-0.25, -0.2) is 0 Å². The van der Waals surface area contributed by atoms with E-state index in [-0.39, 0.29) is 24.4 Å². The molecule has 0 spiro atoms. The van der Waals surface area contributed by atoms with Crippen molar-refractivity contribution in [2.45, 2.75) is 38.3 Å². The summed E-state index contributed by atoms with van der Waals surface area (Å²) < 4.78 is 5.30. The van der Waals surface area contributed by atoms with Gasteiger partial charge >= 0.3 is 0 Å². The molecular weight excluding hydrogens is 373 g/mol. The van der Waals surface area contributed by atoms with Crippen LogP contribution in [0.2, 0.25) is 5.02 Å². The van der Waals surface area contributed by atoms with E-state index >= 15 is 0 Å². The zero-order valence-corrected chi connectivity index (χ0v) is 16.9. The molecule has 26 heavy (non-hydrogen) atoms. The standard InChI is InChI=1S/C19H28ClN3O2.ClH/c1-25-16-6-7-17(20)15(10-16)13-23-9-3-4-14(12-23)11-22-19(24)18-5-2-8-21-18;/h6-7,10,14,18,21H,2-5,8-9,11-13H2,1H3,(H,22,24);1H. The minimum Gasteiger partial charge on any atom is -0.497 e. The molecule has 2 atom stereocenters. The summed E-state index contributed by atoms with van der Waals surface area (Å²) >= 11 is 6.34. The summed E-state index contributed by atoms with van der Waals surface area (Å²) in [7, 11) is 1.67. The van der Waals surface area contributed by atoms with Crippen LogP contribution in [-0.4, -0.2) is 50.1 Å². The minimum atomic E-state index is 0. The highest BCUT2D eigenvalue weighted by molar-refractivity contribution is 6.31. The minimum absolute atomic E-state index is 0. The number of carbonyl (C=O) groups is 1. The summed E-state index contributed by atoms with van der Waals surface area (Å²) in [5.74, 6) is 1.50. The third kappa shape index (κ3) is 5.74. The van der Waals surface area contributed by atoms with Crippen molar-refractivity contribution in [3.63, 3.8) is 0 Å². The van der Waals surface area contributed by atoms with Crippen LogP contribution >= 0.6 is 24.0 Å². The molecule has 5 nitrogen and oxygen atoms in total. The van der Waals surface area contributed by atoms with Gasteiger partial charge in [0.05, 0.1) is 13.2 Å². The van der Waals surface area contributed by atoms with E-state index in [1.165, 1.54) is 6.42 Å². The second-order valence-corrected chi connectivity index (χ2v) is 7.50. The number of likely N-dealkylation sites (tertiary alicyclic amines) is 1. The molecule has 2 heterocycles. The van der Waals surface area contributed by atoms with Gasteiger partial charge < -0.3 is 15.4 Å². The van der Waals surface area contributed by atoms with Gasteiger partial charge in [0.25, 0.3) is 0 Å². The Kier molecular flexibility index (Phi) is 8.48. The normalized spacial score (nSPS) is 23.3. The molecule has 2 N–H and O–H groups in total. The maximum atomic E-state index is 12.2. The van der Waals surface area contributed by atoms with Crippen LogP contribution in [0.25, 0.3) is 0 Å². The lowest BCUT2D eigenvalue weighted by Crippen LogP contribution is -2.45. The van der Waals surface area contributed by atoms with E-state index in [0.717, 1.165) is 68.3 Å². The molecule has 0 aromatic heterocycles. The quantitative estimate of drug-likeness (QED) is 0.769. The van der Waals surface area contributed by atoms with E-state index in [1.807, 2.05) is 18.2 Å². The highest BCUT2D eigenvalue weighted by atomic mass is 35.5. The first kappa shape index (κ1) is 21.3. The smallest absolute Gasteiger partial charge is 0.237 e. The fourth-order valence-electron chi connectivity index (χ4n) is 3.78. The fourth-order valence-corrected chi connectivity index (χ4v) is 3.96. The van der Waals surface area contributed by atoms with Gasteiger partial charge in [-0.3, -0.25) is 9.69 Å². The summed E-state index contributed by atoms with van der Waals surface area (Å²) in [6.45, 7) is 4.61. The Balaban J connectivity index is 0.00000243. The van der Waals surface area contributed by atoms with Crippen LogP contribution in [0.3, 0.4) is 0 Å². The zero-order chi connectivity index (χ0) is 17.6. The molecule has 0 radical (unpaired) electrons. The Bertz CT molecular complexity index is 594. The maximum absolute atomic E-state index is 12.2. The van der Waals surface area contributed by atoms with Crippen molar-refractivity contribution in [3.05, 3.63) is 28.8 Å². The maximum Gasteiger partial charge on any atom is 0.237 e. The Morgan fingerprint density at radius 1 is 1.38 bits per heavy atom. The molecule has 0 aliphatic carbocycles. The molecular formula is C19H29Cl2N3O2. The van der Waals surface area contributed by atoms with Crippen molar-refractivity contribution in [3.8, 4) is 5.75 Å². The summed E-state index contributed by atoms with van der Waals surface area (Å²) in [6.07, 6.45) is 4.37. The van der Waals surface area contributed by atoms with Gasteiger partial charge in [0, 0.05) is 24.7 Å². The number of hydrogen-bond acceptors (Lipinski definition) is 4. The van der Waals surface area contributed by atoms with Crippen LogP contribution in [0.4, 0.5) is 0 Å². The average molecular weight is 402 g/mol. The van der Waals surface area contributed by atoms with Crippen LogP contribution in [0.1, 0.15) is 31.2 Å². The molecule has 2 unspecified atom stereocenters. The van der Waals surface area contributed by atoms with Gasteiger partial charge in [-0.1, -0.05) is 11.6 Å². The molecule has 2 aliphatic heterocycles. The van der Waals surface area contributed by atoms with Gasteiger partial charge in [0.2, 0.25) is 5.91 Å². The number of benzene rings is 1. The number of carbonyl (C=O) groups excluding carboxylic acids is 1. The van der Waals surface area contributed by atoms with Gasteiger partial charge in [0.1, 0.15) is 5.75 Å². The first-order chi connectivity index (χ1) is 12.2. The number of amides is 1. The lowest BCUT2D eigenvalue weighted by atomic mass is 9.97. The van der Waals surface area contributed by atoms with Crippen molar-refractivity contribution in [2.75, 3.05) is 33.3 Å². The summed E-state index contributed by atoms with van der Waals surface area (Å²) in [5.41, 5.74) is 1.10. The second kappa shape index (κ2) is 10.4. The van der Waals surface area contributed by atoms with E-state index in [4.69, 9.17) is 16.3 Å². The van der Waals surface area contributed by atoms with Crippen LogP contribution in [0.5, 0.6) is 5.75 Å². The molecule has 7 heteroatoms. The first-order valence-electron chi connectivity index (χ1n) is 9.21. The Hall–Kier alpha value is -1.01. The van der Waals surface area contributed by atoms with Gasteiger partial charge in [-0.05, 0) is 68.5 Å². The van der Waals surface area contributed by atoms with E-state index in [9.17, 15) is 4.79 Å². The van der Waals surface area contributed by atoms with Crippen molar-refractivity contribution < 1.29 is 9.53 Å². The third-order valence-corrected chi connectivity index (χ3v) is 5.56. The molecule has 1 amide bonds. The van der Waals surface area contributed by atoms with Crippen LogP contribution in [0, 0.1) is 5.92 Å². The van der Waals surface area contributed by atoms with E-state index in [2.05, 4.69) is 15.5 Å². The van der Waals surface area contributed by atoms with E-state index in [0.29, 0.717) is 5.92 Å². The number of hydrogen-bond donors (Lipinski definition) is 2. The first-order valence-corrected chi connectivity index (χ1v) is 9.59. The lowest BCUT2D eigenvalue weighted by Gasteiger charge is -2.33. The van der Waals surface area contributed by atoms with Crippen molar-refractivity contribution in [2.24, 2.45) is 5.92 Å². The predicted molar refractivity (Wildman–Crippen MR) is 107 cm³/mol. The molecule has 2 saturated heterocycles. The van der Waals surface area contributed by atoms with E-state index in [1.54, 1.807) is 7.11 Å². The molecule has 3 rings (SSSR count). The molecule has 2 aliphatic rings. The number of ether oxygens (including phenoxy) is 1. The fraction of sp³-hybridized carbons (Fsp3) is 0.632. The molecule has 2 fully saturated rings. The molecule has 146 valence electrons. The monoisotopic (exact) mass is 401 g/mol. The van der Waals surface area contributed by atoms with Crippen LogP contribution in [-0.2, 0) is 11.3 Å². The Labute approximate surface area is 167 Å². The van der Waals surface area contributed by atoms with Crippen molar-refractivity contribution in [1.82, 2.24) is 15.5 Å². The highest BCUT2D eigenvalue weighted by Crippen LogP contribution is 2.25. The number of piperidine rings is 1. The molecule has 1 aromatic carbocycles. The topological polar surface area (TPSA) is 53.6 Å². The Morgan fingerprint density at radius 3 is 2.96 bits per heavy atom. The van der Waals surface area contributed by atoms with Gasteiger partial charge in [-0.15, -0.1) is 12.4 Å². The number of halogens is 2. The molecule has 1 aromatic rings. The van der Waals surface area contributed by atoms with Crippen molar-refractivity contribution in [1.29, 1.82) is 0 Å². The van der Waals surface area contributed by atoms with E-state index < -0.39 is 0 Å². The Morgan fingerprint density at radius 2 is 2.23 bits per heavy atom. The SMILES string of the molecule is COc1ccc(Cl)c(CN2CCCC(CNC(=O)C3CCCN3)C2)c1.Cl. The van der Waals surface area contributed by atoms with Crippen molar-refractivity contribution >= 4 is 29.9 Å². The van der Waals surface area contributed by atoms with Crippen LogP contribution < -0.4 is 15.4 Å². The van der Waals surface area contributed by atoms with Crippen LogP contribution in [0.15, 0.2) is 18.2 Å². The highest BCUT2D eigenvalue weighted by Gasteiger charge is 2.25. The number of rotatable bonds is 6. The predicted octanol–water partition coefficient (Wildman–Crippen LogP) is 2.85. The number of nitrogens with one attached hydrogen (secondary N) is 2. The van der Waals surface area contributed by atoms with Gasteiger partial charge in [0.15, 0.2) is 0 Å². The average Bonchev–Trinajstić information content (AvgIpc) is 3.17. The van der Waals surface area contributed by atoms with Gasteiger partial charge in [-0.2, -0.15) is 0 Å². The largest absolute Gasteiger partial charge is 0.497 e. The molecule has 0 saturated carbocycles. The third-order valence-electron chi connectivity index (χ3n) is 5.19. The summed E-state index contributed by atoms with van der Waals surface area (Å²) in [4.78, 5) is 14.6. The number of nitrogens with zero attached hydrogens (tertiary/aromatic N) is 1. The number of methoxy groups -OCH3 is 1. The zero-order valence-electron chi connectivity index (χ0n) is 15.3. The summed E-state index contributed by atoms with van der Waals surface area (Å²) in [5, 5.41) is 7.17. The lowest BCUT2D eigenvalue weighted by molar-refractivity contribution is -0.123. The summed E-state index contributed by atoms with van der Waals surface area (Å²) in [6, 6.07) is 5.80. The second-order valence-electron chi connectivity index (χ2n) is 7.09.